The highest BCUT2D eigenvalue weighted by molar-refractivity contribution is 8.00. The van der Waals surface area contributed by atoms with E-state index < -0.39 is 0 Å². The topological polar surface area (TPSA) is 53.9 Å². The zero-order valence-corrected chi connectivity index (χ0v) is 14.2. The van der Waals surface area contributed by atoms with Gasteiger partial charge < -0.3 is 15.1 Å². The number of quaternary nitrogens is 1. The quantitative estimate of drug-likeness (QED) is 0.765. The molecular formula is C16H24N3O2S+. The first-order chi connectivity index (χ1) is 10.5. The van der Waals surface area contributed by atoms with Crippen LogP contribution in [0.5, 0.6) is 0 Å². The Morgan fingerprint density at radius 3 is 2.91 bits per heavy atom. The third-order valence-corrected chi connectivity index (χ3v) is 4.81. The van der Waals surface area contributed by atoms with E-state index in [4.69, 9.17) is 0 Å². The van der Waals surface area contributed by atoms with Gasteiger partial charge in [-0.15, -0.1) is 11.8 Å². The van der Waals surface area contributed by atoms with E-state index in [-0.39, 0.29) is 23.7 Å². The molecule has 0 saturated carbocycles. The maximum Gasteiger partial charge on any atom is 0.239 e. The number of hydrogen-bond acceptors (Lipinski definition) is 3. The third-order valence-electron chi connectivity index (χ3n) is 3.56. The van der Waals surface area contributed by atoms with Crippen LogP contribution in [0.4, 0.5) is 0 Å². The standard InChI is InChI=1S/C16H23N3O2S/c1-12-5-4-6-13(9-12)16-19(15(21)11-22-16)10-14(20)17-7-8-18(2)3/h4-6,9,16H,7-8,10-11H2,1-3H3,(H,17,20)/p+1/t16-/m1/s1. The van der Waals surface area contributed by atoms with Gasteiger partial charge >= 0.3 is 0 Å². The van der Waals surface area contributed by atoms with Crippen molar-refractivity contribution in [3.63, 3.8) is 0 Å². The van der Waals surface area contributed by atoms with Crippen molar-refractivity contribution in [2.45, 2.75) is 12.3 Å². The van der Waals surface area contributed by atoms with Gasteiger partial charge in [-0.05, 0) is 12.5 Å². The summed E-state index contributed by atoms with van der Waals surface area (Å²) in [6.45, 7) is 3.67. The van der Waals surface area contributed by atoms with Gasteiger partial charge in [0.2, 0.25) is 11.8 Å². The second-order valence-electron chi connectivity index (χ2n) is 5.91. The van der Waals surface area contributed by atoms with Crippen LogP contribution in [0.15, 0.2) is 24.3 Å². The summed E-state index contributed by atoms with van der Waals surface area (Å²) in [5.41, 5.74) is 2.25. The number of carbonyl (C=O) groups excluding carboxylic acids is 2. The molecule has 1 fully saturated rings. The van der Waals surface area contributed by atoms with Gasteiger partial charge in [0, 0.05) is 0 Å². The molecule has 6 heteroatoms. The predicted octanol–water partition coefficient (Wildman–Crippen LogP) is -0.170. The molecule has 22 heavy (non-hydrogen) atoms. The van der Waals surface area contributed by atoms with Crippen LogP contribution in [-0.4, -0.2) is 56.2 Å². The van der Waals surface area contributed by atoms with E-state index in [0.717, 1.165) is 17.7 Å². The van der Waals surface area contributed by atoms with Crippen molar-refractivity contribution >= 4 is 23.6 Å². The highest BCUT2D eigenvalue weighted by atomic mass is 32.2. The van der Waals surface area contributed by atoms with Gasteiger partial charge in [0.25, 0.3) is 0 Å². The summed E-state index contributed by atoms with van der Waals surface area (Å²) >= 11 is 1.58. The summed E-state index contributed by atoms with van der Waals surface area (Å²) in [6.07, 6.45) is 0. The highest BCUT2D eigenvalue weighted by Crippen LogP contribution is 2.38. The van der Waals surface area contributed by atoms with Crippen molar-refractivity contribution in [2.24, 2.45) is 0 Å². The van der Waals surface area contributed by atoms with Crippen LogP contribution >= 0.6 is 11.8 Å². The van der Waals surface area contributed by atoms with Crippen molar-refractivity contribution < 1.29 is 14.5 Å². The largest absolute Gasteiger partial charge is 0.349 e. The molecule has 0 radical (unpaired) electrons. The number of thioether (sulfide) groups is 1. The number of benzene rings is 1. The molecule has 1 aliphatic heterocycles. The molecule has 0 spiro atoms. The molecule has 1 heterocycles. The van der Waals surface area contributed by atoms with Crippen molar-refractivity contribution in [2.75, 3.05) is 39.5 Å². The Kier molecular flexibility index (Phi) is 5.85. The van der Waals surface area contributed by atoms with E-state index in [9.17, 15) is 9.59 Å². The lowest BCUT2D eigenvalue weighted by Gasteiger charge is -2.24. The smallest absolute Gasteiger partial charge is 0.239 e. The van der Waals surface area contributed by atoms with Gasteiger partial charge in [-0.2, -0.15) is 0 Å². The Hall–Kier alpha value is -1.53. The Morgan fingerprint density at radius 1 is 1.45 bits per heavy atom. The summed E-state index contributed by atoms with van der Waals surface area (Å²) in [4.78, 5) is 27.1. The van der Waals surface area contributed by atoms with Crippen LogP contribution < -0.4 is 10.2 Å². The first kappa shape index (κ1) is 16.8. The van der Waals surface area contributed by atoms with Crippen molar-refractivity contribution in [1.29, 1.82) is 0 Å². The fraction of sp³-hybridized carbons (Fsp3) is 0.500. The molecule has 2 amide bonds. The van der Waals surface area contributed by atoms with Crippen molar-refractivity contribution in [3.05, 3.63) is 35.4 Å². The van der Waals surface area contributed by atoms with Crippen LogP contribution in [0.2, 0.25) is 0 Å². The van der Waals surface area contributed by atoms with Gasteiger partial charge in [0.15, 0.2) is 0 Å². The molecule has 2 N–H and O–H groups in total. The van der Waals surface area contributed by atoms with E-state index in [1.807, 2.05) is 39.2 Å². The summed E-state index contributed by atoms with van der Waals surface area (Å²) in [6, 6.07) is 8.12. The van der Waals surface area contributed by atoms with Gasteiger partial charge in [-0.25, -0.2) is 0 Å². The minimum Gasteiger partial charge on any atom is -0.349 e. The number of nitrogens with zero attached hydrogens (tertiary/aromatic N) is 1. The minimum atomic E-state index is -0.0882. The second kappa shape index (κ2) is 7.65. The molecule has 1 aromatic rings. The van der Waals surface area contributed by atoms with E-state index in [1.165, 1.54) is 4.90 Å². The zero-order valence-electron chi connectivity index (χ0n) is 13.4. The zero-order chi connectivity index (χ0) is 16.1. The van der Waals surface area contributed by atoms with Crippen LogP contribution in [0.25, 0.3) is 0 Å². The number of amides is 2. The minimum absolute atomic E-state index is 0.0323. The molecule has 0 aromatic heterocycles. The van der Waals surface area contributed by atoms with Gasteiger partial charge in [0.05, 0.1) is 32.9 Å². The summed E-state index contributed by atoms with van der Waals surface area (Å²) in [5.74, 6) is 0.382. The molecular weight excluding hydrogens is 298 g/mol. The first-order valence-corrected chi connectivity index (χ1v) is 8.55. The molecule has 0 aliphatic carbocycles. The second-order valence-corrected chi connectivity index (χ2v) is 6.97. The number of likely N-dealkylation sites (N-methyl/N-ethyl adjacent to an activating group) is 1. The summed E-state index contributed by atoms with van der Waals surface area (Å²) in [7, 11) is 4.08. The average molecular weight is 322 g/mol. The van der Waals surface area contributed by atoms with Crippen molar-refractivity contribution in [3.8, 4) is 0 Å². The Bertz CT molecular complexity index is 548. The lowest BCUT2D eigenvalue weighted by atomic mass is 10.1. The molecule has 5 nitrogen and oxygen atoms in total. The highest BCUT2D eigenvalue weighted by Gasteiger charge is 2.34. The maximum atomic E-state index is 12.1. The van der Waals surface area contributed by atoms with E-state index >= 15 is 0 Å². The fourth-order valence-corrected chi connectivity index (χ4v) is 3.56. The number of aryl methyl sites for hydroxylation is 1. The molecule has 0 unspecified atom stereocenters. The Labute approximate surface area is 136 Å². The molecule has 2 rings (SSSR count). The SMILES string of the molecule is Cc1cccc([C@H]2SCC(=O)N2CC(=O)NCC[NH+](C)C)c1. The van der Waals surface area contributed by atoms with Gasteiger partial charge in [-0.1, -0.05) is 29.8 Å². The Morgan fingerprint density at radius 2 is 2.23 bits per heavy atom. The summed E-state index contributed by atoms with van der Waals surface area (Å²) < 4.78 is 0. The van der Waals surface area contributed by atoms with E-state index in [0.29, 0.717) is 12.3 Å². The first-order valence-electron chi connectivity index (χ1n) is 7.50. The lowest BCUT2D eigenvalue weighted by Crippen LogP contribution is -3.06. The maximum absolute atomic E-state index is 12.1. The molecule has 0 bridgehead atoms. The molecule has 1 saturated heterocycles. The molecule has 1 aromatic carbocycles. The average Bonchev–Trinajstić information content (AvgIpc) is 2.80. The Balaban J connectivity index is 1.98. The predicted molar refractivity (Wildman–Crippen MR) is 88.8 cm³/mol. The fourth-order valence-electron chi connectivity index (χ4n) is 2.39. The third kappa shape index (κ3) is 4.48. The molecule has 1 atom stereocenters. The molecule has 120 valence electrons. The summed E-state index contributed by atoms with van der Waals surface area (Å²) in [5, 5.41) is 2.82. The number of carbonyl (C=O) groups is 2. The number of rotatable bonds is 6. The van der Waals surface area contributed by atoms with E-state index in [2.05, 4.69) is 11.4 Å². The number of nitrogens with one attached hydrogen (secondary N) is 2. The monoisotopic (exact) mass is 322 g/mol. The number of hydrogen-bond donors (Lipinski definition) is 2. The van der Waals surface area contributed by atoms with Gasteiger partial charge in [0.1, 0.15) is 11.9 Å². The molecule has 1 aliphatic rings. The van der Waals surface area contributed by atoms with Crippen LogP contribution in [-0.2, 0) is 9.59 Å². The van der Waals surface area contributed by atoms with Crippen LogP contribution in [0.1, 0.15) is 16.5 Å². The van der Waals surface area contributed by atoms with Crippen LogP contribution in [0.3, 0.4) is 0 Å². The van der Waals surface area contributed by atoms with Crippen LogP contribution in [0, 0.1) is 6.92 Å². The lowest BCUT2D eigenvalue weighted by molar-refractivity contribution is -0.856. The van der Waals surface area contributed by atoms with Gasteiger partial charge in [-0.3, -0.25) is 9.59 Å². The van der Waals surface area contributed by atoms with E-state index in [1.54, 1.807) is 16.7 Å². The van der Waals surface area contributed by atoms with Crippen molar-refractivity contribution in [1.82, 2.24) is 10.2 Å². The normalized spacial score (nSPS) is 18.1.